The summed E-state index contributed by atoms with van der Waals surface area (Å²) in [7, 11) is 0. The number of carboxylic acid groups (broad SMARTS) is 1. The van der Waals surface area contributed by atoms with Crippen molar-refractivity contribution < 1.29 is 14.6 Å². The van der Waals surface area contributed by atoms with Crippen LogP contribution in [0.3, 0.4) is 0 Å². The number of nitrogens with zero attached hydrogens (tertiary/aromatic N) is 1. The number of halogens is 1. The van der Waals surface area contributed by atoms with Gasteiger partial charge < -0.3 is 9.84 Å². The fourth-order valence-electron chi connectivity index (χ4n) is 1.15. The van der Waals surface area contributed by atoms with E-state index in [1.165, 1.54) is 12.1 Å². The summed E-state index contributed by atoms with van der Waals surface area (Å²) >= 11 is 5.74. The summed E-state index contributed by atoms with van der Waals surface area (Å²) in [5.74, 6) is -0.865. The second-order valence-corrected chi connectivity index (χ2v) is 3.54. The average Bonchev–Trinajstić information content (AvgIpc) is 2.25. The molecule has 0 spiro atoms. The monoisotopic (exact) mass is 239 g/mol. The highest BCUT2D eigenvalue weighted by atomic mass is 35.5. The zero-order valence-electron chi connectivity index (χ0n) is 8.61. The van der Waals surface area contributed by atoms with Crippen LogP contribution in [0, 0.1) is 11.3 Å². The standard InChI is InChI=1S/C11H10ClNO3/c1-2-9(11(14)15)16-10-5-8(12)4-3-7(10)6-13/h3-5,9H,2H2,1H3,(H,14,15). The minimum absolute atomic E-state index is 0.198. The molecule has 4 nitrogen and oxygen atoms in total. The number of hydrogen-bond acceptors (Lipinski definition) is 3. The third-order valence-electron chi connectivity index (χ3n) is 1.98. The van der Waals surface area contributed by atoms with Crippen LogP contribution < -0.4 is 4.74 Å². The molecule has 0 saturated heterocycles. The summed E-state index contributed by atoms with van der Waals surface area (Å²) in [6.07, 6.45) is -0.655. The van der Waals surface area contributed by atoms with E-state index in [0.29, 0.717) is 11.4 Å². The number of aliphatic carboxylic acids is 1. The fraction of sp³-hybridized carbons (Fsp3) is 0.273. The number of rotatable bonds is 4. The molecule has 0 aliphatic carbocycles. The third-order valence-corrected chi connectivity index (χ3v) is 2.21. The second kappa shape index (κ2) is 5.38. The highest BCUT2D eigenvalue weighted by molar-refractivity contribution is 6.30. The van der Waals surface area contributed by atoms with Gasteiger partial charge in [0.25, 0.3) is 0 Å². The Bertz CT molecular complexity index is 439. The smallest absolute Gasteiger partial charge is 0.344 e. The van der Waals surface area contributed by atoms with Crippen molar-refractivity contribution in [3.63, 3.8) is 0 Å². The molecule has 1 aromatic rings. The molecule has 1 aromatic carbocycles. The molecule has 1 rings (SSSR count). The number of benzene rings is 1. The zero-order valence-corrected chi connectivity index (χ0v) is 9.36. The second-order valence-electron chi connectivity index (χ2n) is 3.11. The van der Waals surface area contributed by atoms with Crippen molar-refractivity contribution >= 4 is 17.6 Å². The van der Waals surface area contributed by atoms with Gasteiger partial charge in [-0.25, -0.2) is 4.79 Å². The van der Waals surface area contributed by atoms with Gasteiger partial charge in [-0.05, 0) is 18.6 Å². The SMILES string of the molecule is CCC(Oc1cc(Cl)ccc1C#N)C(=O)O. The van der Waals surface area contributed by atoms with E-state index in [9.17, 15) is 4.79 Å². The average molecular weight is 240 g/mol. The van der Waals surface area contributed by atoms with Gasteiger partial charge >= 0.3 is 5.97 Å². The first-order valence-corrected chi connectivity index (χ1v) is 5.05. The van der Waals surface area contributed by atoms with Gasteiger partial charge in [-0.2, -0.15) is 5.26 Å². The van der Waals surface area contributed by atoms with Gasteiger partial charge in [0.2, 0.25) is 0 Å². The van der Waals surface area contributed by atoms with E-state index in [1.807, 2.05) is 6.07 Å². The number of carboxylic acids is 1. The molecule has 1 unspecified atom stereocenters. The molecule has 1 N–H and O–H groups in total. The Morgan fingerprint density at radius 3 is 2.88 bits per heavy atom. The first kappa shape index (κ1) is 12.3. The summed E-state index contributed by atoms with van der Waals surface area (Å²) < 4.78 is 5.22. The fourth-order valence-corrected chi connectivity index (χ4v) is 1.31. The van der Waals surface area contributed by atoms with Gasteiger partial charge in [-0.1, -0.05) is 18.5 Å². The van der Waals surface area contributed by atoms with Crippen molar-refractivity contribution in [3.05, 3.63) is 28.8 Å². The van der Waals surface area contributed by atoms with Crippen LogP contribution in [0.15, 0.2) is 18.2 Å². The van der Waals surface area contributed by atoms with Crippen molar-refractivity contribution in [2.45, 2.75) is 19.4 Å². The molecule has 0 radical (unpaired) electrons. The van der Waals surface area contributed by atoms with Crippen molar-refractivity contribution in [1.82, 2.24) is 0 Å². The van der Waals surface area contributed by atoms with Crippen LogP contribution in [-0.2, 0) is 4.79 Å². The van der Waals surface area contributed by atoms with Crippen molar-refractivity contribution in [1.29, 1.82) is 5.26 Å². The Labute approximate surface area is 98.0 Å². The molecule has 5 heteroatoms. The van der Waals surface area contributed by atoms with Gasteiger partial charge in [0, 0.05) is 11.1 Å². The molecule has 0 aliphatic heterocycles. The molecule has 0 fully saturated rings. The summed E-state index contributed by atoms with van der Waals surface area (Å²) in [6.45, 7) is 1.69. The van der Waals surface area contributed by atoms with E-state index in [2.05, 4.69) is 0 Å². The van der Waals surface area contributed by atoms with E-state index in [0.717, 1.165) is 0 Å². The Kier molecular flexibility index (Phi) is 4.15. The molecule has 0 saturated carbocycles. The number of hydrogen-bond donors (Lipinski definition) is 1. The Morgan fingerprint density at radius 1 is 1.69 bits per heavy atom. The van der Waals surface area contributed by atoms with Crippen molar-refractivity contribution in [2.24, 2.45) is 0 Å². The predicted molar refractivity (Wildman–Crippen MR) is 58.5 cm³/mol. The molecule has 84 valence electrons. The lowest BCUT2D eigenvalue weighted by molar-refractivity contribution is -0.145. The largest absolute Gasteiger partial charge is 0.479 e. The lowest BCUT2D eigenvalue weighted by atomic mass is 10.2. The van der Waals surface area contributed by atoms with E-state index in [4.69, 9.17) is 26.7 Å². The quantitative estimate of drug-likeness (QED) is 0.876. The normalized spacial score (nSPS) is 11.6. The van der Waals surface area contributed by atoms with E-state index in [-0.39, 0.29) is 11.3 Å². The summed E-state index contributed by atoms with van der Waals surface area (Å²) in [5, 5.41) is 18.0. The highest BCUT2D eigenvalue weighted by Gasteiger charge is 2.18. The topological polar surface area (TPSA) is 70.3 Å². The first-order valence-electron chi connectivity index (χ1n) is 4.67. The van der Waals surface area contributed by atoms with Crippen LogP contribution in [0.2, 0.25) is 5.02 Å². The summed E-state index contributed by atoms with van der Waals surface area (Å²) in [4.78, 5) is 10.8. The lowest BCUT2D eigenvalue weighted by Crippen LogP contribution is -2.26. The Morgan fingerprint density at radius 2 is 2.38 bits per heavy atom. The third kappa shape index (κ3) is 2.88. The minimum atomic E-state index is -1.06. The molecule has 0 bridgehead atoms. The zero-order chi connectivity index (χ0) is 12.1. The predicted octanol–water partition coefficient (Wildman–Crippen LogP) is 2.45. The van der Waals surface area contributed by atoms with Gasteiger partial charge in [-0.15, -0.1) is 0 Å². The van der Waals surface area contributed by atoms with Crippen LogP contribution in [-0.4, -0.2) is 17.2 Å². The lowest BCUT2D eigenvalue weighted by Gasteiger charge is -2.14. The van der Waals surface area contributed by atoms with Crippen LogP contribution in [0.25, 0.3) is 0 Å². The van der Waals surface area contributed by atoms with Gasteiger partial charge in [0.1, 0.15) is 11.8 Å². The molecule has 0 heterocycles. The van der Waals surface area contributed by atoms with Crippen LogP contribution in [0.4, 0.5) is 0 Å². The van der Waals surface area contributed by atoms with Gasteiger partial charge in [0.15, 0.2) is 6.10 Å². The van der Waals surface area contributed by atoms with Gasteiger partial charge in [-0.3, -0.25) is 0 Å². The molecule has 16 heavy (non-hydrogen) atoms. The number of carbonyl (C=O) groups is 1. The maximum Gasteiger partial charge on any atom is 0.344 e. The Hall–Kier alpha value is -1.73. The maximum absolute atomic E-state index is 10.8. The Balaban J connectivity index is 2.99. The van der Waals surface area contributed by atoms with Crippen LogP contribution in [0.5, 0.6) is 5.75 Å². The van der Waals surface area contributed by atoms with Crippen molar-refractivity contribution in [3.8, 4) is 11.8 Å². The minimum Gasteiger partial charge on any atom is -0.479 e. The van der Waals surface area contributed by atoms with Gasteiger partial charge in [0.05, 0.1) is 5.56 Å². The maximum atomic E-state index is 10.8. The van der Waals surface area contributed by atoms with E-state index < -0.39 is 12.1 Å². The molecular formula is C11H10ClNO3. The van der Waals surface area contributed by atoms with Crippen LogP contribution >= 0.6 is 11.6 Å². The summed E-state index contributed by atoms with van der Waals surface area (Å²) in [6, 6.07) is 6.39. The highest BCUT2D eigenvalue weighted by Crippen LogP contribution is 2.24. The van der Waals surface area contributed by atoms with Crippen molar-refractivity contribution in [2.75, 3.05) is 0 Å². The molecule has 0 amide bonds. The molecule has 0 aromatic heterocycles. The molecular weight excluding hydrogens is 230 g/mol. The van der Waals surface area contributed by atoms with E-state index in [1.54, 1.807) is 13.0 Å². The number of nitriles is 1. The van der Waals surface area contributed by atoms with E-state index >= 15 is 0 Å². The molecule has 1 atom stereocenters. The summed E-state index contributed by atoms with van der Waals surface area (Å²) in [5.41, 5.74) is 0.268. The van der Waals surface area contributed by atoms with Crippen LogP contribution in [0.1, 0.15) is 18.9 Å². The molecule has 0 aliphatic rings. The first-order chi connectivity index (χ1) is 7.58. The number of ether oxygens (including phenoxy) is 1.